The van der Waals surface area contributed by atoms with Crippen molar-refractivity contribution in [2.45, 2.75) is 32.9 Å². The Hall–Kier alpha value is -2.38. The van der Waals surface area contributed by atoms with Crippen molar-refractivity contribution in [2.75, 3.05) is 11.9 Å². The maximum Gasteiger partial charge on any atom is 0.407 e. The molecule has 0 aliphatic carbocycles. The molecule has 1 aromatic carbocycles. The van der Waals surface area contributed by atoms with E-state index in [1.807, 2.05) is 20.8 Å². The number of rotatable bonds is 3. The van der Waals surface area contributed by atoms with Crippen LogP contribution in [0, 0.1) is 21.3 Å². The number of nitrogens with one attached hydrogen (secondary N) is 1. The van der Waals surface area contributed by atoms with Gasteiger partial charge in [0, 0.05) is 6.54 Å². The Balaban J connectivity index is 2.27. The second kappa shape index (κ2) is 5.43. The van der Waals surface area contributed by atoms with Gasteiger partial charge in [-0.2, -0.15) is 4.39 Å². The molecule has 1 amide bonds. The minimum absolute atomic E-state index is 0.0642. The van der Waals surface area contributed by atoms with Crippen LogP contribution >= 0.6 is 0 Å². The Morgan fingerprint density at radius 1 is 1.50 bits per heavy atom. The first-order valence-electron chi connectivity index (χ1n) is 6.82. The summed E-state index contributed by atoms with van der Waals surface area (Å²) in [6, 6.07) is 3.16. The molecule has 0 bridgehead atoms. The Morgan fingerprint density at radius 3 is 2.64 bits per heavy atom. The summed E-state index contributed by atoms with van der Waals surface area (Å²) in [7, 11) is 0. The highest BCUT2D eigenvalue weighted by molar-refractivity contribution is 5.69. The van der Waals surface area contributed by atoms with Crippen LogP contribution in [-0.4, -0.2) is 39.7 Å². The second-order valence-electron chi connectivity index (χ2n) is 6.39. The number of hydrogen-bond donors (Lipinski definition) is 2. The summed E-state index contributed by atoms with van der Waals surface area (Å²) in [5.41, 5.74) is -0.908. The number of anilines is 1. The standard InChI is InChI=1S/C14H18FN3O4/c1-14(2,3)12-10(7-17(12)13(19)20)16-9-6-4-5-8(15)11(9)18(21)22/h4-6,10,12,16H,7H2,1-3H3,(H,19,20). The first-order chi connectivity index (χ1) is 10.1. The van der Waals surface area contributed by atoms with E-state index in [1.165, 1.54) is 17.0 Å². The molecule has 1 aliphatic rings. The lowest BCUT2D eigenvalue weighted by atomic mass is 9.76. The van der Waals surface area contributed by atoms with Crippen molar-refractivity contribution < 1.29 is 19.2 Å². The zero-order valence-electron chi connectivity index (χ0n) is 12.5. The molecule has 1 heterocycles. The minimum atomic E-state index is -1.04. The molecule has 1 aromatic rings. The number of nitro groups is 1. The molecule has 0 saturated carbocycles. The van der Waals surface area contributed by atoms with Crippen LogP contribution in [0.5, 0.6) is 0 Å². The number of likely N-dealkylation sites (tertiary alicyclic amines) is 1. The normalized spacial score (nSPS) is 21.2. The van der Waals surface area contributed by atoms with Gasteiger partial charge in [0.25, 0.3) is 0 Å². The first kappa shape index (κ1) is 16.0. The number of nitro benzene ring substituents is 1. The number of carboxylic acid groups (broad SMARTS) is 1. The molecule has 8 heteroatoms. The number of para-hydroxylation sites is 1. The van der Waals surface area contributed by atoms with Gasteiger partial charge in [-0.1, -0.05) is 26.8 Å². The molecule has 1 saturated heterocycles. The van der Waals surface area contributed by atoms with Gasteiger partial charge in [0.05, 0.1) is 17.0 Å². The van der Waals surface area contributed by atoms with Crippen molar-refractivity contribution in [2.24, 2.45) is 5.41 Å². The van der Waals surface area contributed by atoms with Gasteiger partial charge >= 0.3 is 11.8 Å². The lowest BCUT2D eigenvalue weighted by Gasteiger charge is -2.53. The van der Waals surface area contributed by atoms with Crippen LogP contribution < -0.4 is 5.32 Å². The number of amides is 1. The van der Waals surface area contributed by atoms with Crippen LogP contribution in [0.3, 0.4) is 0 Å². The summed E-state index contributed by atoms with van der Waals surface area (Å²) in [4.78, 5) is 22.7. The van der Waals surface area contributed by atoms with Crippen LogP contribution in [0.15, 0.2) is 18.2 Å². The number of hydrogen-bond acceptors (Lipinski definition) is 4. The molecule has 120 valence electrons. The van der Waals surface area contributed by atoms with E-state index < -0.39 is 22.5 Å². The number of nitrogens with zero attached hydrogens (tertiary/aromatic N) is 2. The molecule has 0 radical (unpaired) electrons. The maximum atomic E-state index is 13.6. The van der Waals surface area contributed by atoms with E-state index in [0.29, 0.717) is 0 Å². The third-order valence-electron chi connectivity index (χ3n) is 3.75. The quantitative estimate of drug-likeness (QED) is 0.661. The Bertz CT molecular complexity index is 615. The van der Waals surface area contributed by atoms with Gasteiger partial charge in [-0.05, 0) is 17.5 Å². The minimum Gasteiger partial charge on any atom is -0.465 e. The Kier molecular flexibility index (Phi) is 3.95. The number of benzene rings is 1. The summed E-state index contributed by atoms with van der Waals surface area (Å²) in [5, 5.41) is 23.1. The van der Waals surface area contributed by atoms with Crippen molar-refractivity contribution in [3.05, 3.63) is 34.1 Å². The smallest absolute Gasteiger partial charge is 0.407 e. The van der Waals surface area contributed by atoms with Gasteiger partial charge in [-0.25, -0.2) is 4.79 Å². The summed E-state index contributed by atoms with van der Waals surface area (Å²) in [6.45, 7) is 5.87. The van der Waals surface area contributed by atoms with E-state index in [9.17, 15) is 19.3 Å². The van der Waals surface area contributed by atoms with Gasteiger partial charge in [0.15, 0.2) is 0 Å². The largest absolute Gasteiger partial charge is 0.465 e. The van der Waals surface area contributed by atoms with E-state index in [4.69, 9.17) is 5.11 Å². The van der Waals surface area contributed by atoms with Gasteiger partial charge < -0.3 is 15.3 Å². The zero-order chi connectivity index (χ0) is 16.7. The average Bonchev–Trinajstić information content (AvgIpc) is 2.30. The fourth-order valence-electron chi connectivity index (χ4n) is 2.91. The zero-order valence-corrected chi connectivity index (χ0v) is 12.5. The van der Waals surface area contributed by atoms with Gasteiger partial charge in [0.1, 0.15) is 5.69 Å². The van der Waals surface area contributed by atoms with E-state index in [2.05, 4.69) is 5.32 Å². The van der Waals surface area contributed by atoms with Crippen LogP contribution in [0.4, 0.5) is 20.6 Å². The lowest BCUT2D eigenvalue weighted by molar-refractivity contribution is -0.386. The Labute approximate surface area is 126 Å². The molecule has 22 heavy (non-hydrogen) atoms. The molecule has 2 unspecified atom stereocenters. The molecule has 2 atom stereocenters. The first-order valence-corrected chi connectivity index (χ1v) is 6.82. The van der Waals surface area contributed by atoms with E-state index in [1.54, 1.807) is 0 Å². The maximum absolute atomic E-state index is 13.6. The van der Waals surface area contributed by atoms with Crippen LogP contribution in [0.2, 0.25) is 0 Å². The highest BCUT2D eigenvalue weighted by Gasteiger charge is 2.48. The third kappa shape index (κ3) is 2.81. The summed E-state index contributed by atoms with van der Waals surface area (Å²) >= 11 is 0. The van der Waals surface area contributed by atoms with Gasteiger partial charge in [0.2, 0.25) is 5.82 Å². The van der Waals surface area contributed by atoms with Crippen molar-refractivity contribution in [1.29, 1.82) is 0 Å². The molecule has 2 rings (SSSR count). The topological polar surface area (TPSA) is 95.7 Å². The average molecular weight is 311 g/mol. The molecule has 2 N–H and O–H groups in total. The molecular weight excluding hydrogens is 293 g/mol. The number of halogens is 1. The van der Waals surface area contributed by atoms with Crippen molar-refractivity contribution in [1.82, 2.24) is 4.90 Å². The molecule has 0 spiro atoms. The lowest BCUT2D eigenvalue weighted by Crippen LogP contribution is -2.69. The molecule has 1 fully saturated rings. The highest BCUT2D eigenvalue weighted by atomic mass is 19.1. The van der Waals surface area contributed by atoms with Crippen LogP contribution in [0.1, 0.15) is 20.8 Å². The van der Waals surface area contributed by atoms with Gasteiger partial charge in [-0.15, -0.1) is 0 Å². The highest BCUT2D eigenvalue weighted by Crippen LogP contribution is 2.37. The summed E-state index contributed by atoms with van der Waals surface area (Å²) in [5.74, 6) is -0.920. The SMILES string of the molecule is CC(C)(C)C1C(Nc2cccc(F)c2[N+](=O)[O-])CN1C(=O)O. The van der Waals surface area contributed by atoms with Crippen molar-refractivity contribution in [3.8, 4) is 0 Å². The van der Waals surface area contributed by atoms with Crippen LogP contribution in [-0.2, 0) is 0 Å². The fourth-order valence-corrected chi connectivity index (χ4v) is 2.91. The predicted molar refractivity (Wildman–Crippen MR) is 78.4 cm³/mol. The van der Waals surface area contributed by atoms with Crippen molar-refractivity contribution in [3.63, 3.8) is 0 Å². The summed E-state index contributed by atoms with van der Waals surface area (Å²) in [6.07, 6.45) is -1.04. The fraction of sp³-hybridized carbons (Fsp3) is 0.500. The van der Waals surface area contributed by atoms with E-state index in [0.717, 1.165) is 6.07 Å². The molecule has 7 nitrogen and oxygen atoms in total. The molecular formula is C14H18FN3O4. The van der Waals surface area contributed by atoms with E-state index in [-0.39, 0.29) is 29.7 Å². The molecule has 1 aliphatic heterocycles. The molecule has 0 aromatic heterocycles. The van der Waals surface area contributed by atoms with E-state index >= 15 is 0 Å². The third-order valence-corrected chi connectivity index (χ3v) is 3.75. The van der Waals surface area contributed by atoms with Gasteiger partial charge in [-0.3, -0.25) is 10.1 Å². The van der Waals surface area contributed by atoms with Crippen LogP contribution in [0.25, 0.3) is 0 Å². The van der Waals surface area contributed by atoms with Crippen molar-refractivity contribution >= 4 is 17.5 Å². The Morgan fingerprint density at radius 2 is 2.14 bits per heavy atom. The second-order valence-corrected chi connectivity index (χ2v) is 6.39. The predicted octanol–water partition coefficient (Wildman–Crippen LogP) is 2.92. The summed E-state index contributed by atoms with van der Waals surface area (Å²) < 4.78 is 13.6. The number of carbonyl (C=O) groups is 1. The monoisotopic (exact) mass is 311 g/mol.